The molecule has 0 aromatic carbocycles. The van der Waals surface area contributed by atoms with E-state index in [-0.39, 0.29) is 6.04 Å². The van der Waals surface area contributed by atoms with Gasteiger partial charge in [-0.25, -0.2) is 0 Å². The van der Waals surface area contributed by atoms with E-state index in [1.807, 2.05) is 6.07 Å². The molecule has 0 radical (unpaired) electrons. The molecule has 1 aliphatic rings. The predicted molar refractivity (Wildman–Crippen MR) is 48.3 cm³/mol. The average Bonchev–Trinajstić information content (AvgIpc) is 2.85. The van der Waals surface area contributed by atoms with Gasteiger partial charge in [-0.05, 0) is 30.4 Å². The summed E-state index contributed by atoms with van der Waals surface area (Å²) in [6.07, 6.45) is 5.94. The summed E-state index contributed by atoms with van der Waals surface area (Å²) in [5, 5.41) is 0. The van der Waals surface area contributed by atoms with Crippen molar-refractivity contribution < 1.29 is 0 Å². The van der Waals surface area contributed by atoms with Crippen LogP contribution in [-0.4, -0.2) is 4.98 Å². The molecule has 3 heteroatoms. The van der Waals surface area contributed by atoms with Crippen molar-refractivity contribution in [1.82, 2.24) is 4.98 Å². The van der Waals surface area contributed by atoms with Gasteiger partial charge in [0.15, 0.2) is 0 Å². The minimum Gasteiger partial charge on any atom is -0.397 e. The molecule has 0 bridgehead atoms. The summed E-state index contributed by atoms with van der Waals surface area (Å²) < 4.78 is 0. The lowest BCUT2D eigenvalue weighted by molar-refractivity contribution is 0.631. The molecular formula is C9H13N3. The molecule has 1 aliphatic carbocycles. The smallest absolute Gasteiger partial charge is 0.0503 e. The van der Waals surface area contributed by atoms with Crippen LogP contribution in [0.4, 0.5) is 5.69 Å². The highest BCUT2D eigenvalue weighted by atomic mass is 14.7. The van der Waals surface area contributed by atoms with Crippen molar-refractivity contribution in [2.45, 2.75) is 18.9 Å². The van der Waals surface area contributed by atoms with Crippen molar-refractivity contribution in [2.24, 2.45) is 11.7 Å². The second-order valence-corrected chi connectivity index (χ2v) is 3.41. The van der Waals surface area contributed by atoms with Gasteiger partial charge < -0.3 is 11.5 Å². The fourth-order valence-corrected chi connectivity index (χ4v) is 1.39. The van der Waals surface area contributed by atoms with E-state index < -0.39 is 0 Å². The number of rotatable bonds is 2. The molecule has 1 aromatic heterocycles. The number of hydrogen-bond donors (Lipinski definition) is 2. The average molecular weight is 163 g/mol. The molecular weight excluding hydrogens is 150 g/mol. The molecule has 1 fully saturated rings. The Morgan fingerprint density at radius 3 is 2.75 bits per heavy atom. The molecule has 1 aromatic rings. The Bertz CT molecular complexity index is 281. The topological polar surface area (TPSA) is 64.9 Å². The highest BCUT2D eigenvalue weighted by molar-refractivity contribution is 5.38. The fraction of sp³-hybridized carbons (Fsp3) is 0.444. The third-order valence-electron chi connectivity index (χ3n) is 2.30. The van der Waals surface area contributed by atoms with Crippen molar-refractivity contribution in [1.29, 1.82) is 0 Å². The monoisotopic (exact) mass is 163 g/mol. The van der Waals surface area contributed by atoms with Gasteiger partial charge >= 0.3 is 0 Å². The molecule has 1 heterocycles. The normalized spacial score (nSPS) is 19.1. The second kappa shape index (κ2) is 2.75. The Kier molecular flexibility index (Phi) is 1.73. The molecule has 64 valence electrons. The van der Waals surface area contributed by atoms with E-state index in [1.54, 1.807) is 12.4 Å². The van der Waals surface area contributed by atoms with Crippen molar-refractivity contribution in [2.75, 3.05) is 5.73 Å². The summed E-state index contributed by atoms with van der Waals surface area (Å²) >= 11 is 0. The molecule has 0 spiro atoms. The zero-order valence-electron chi connectivity index (χ0n) is 6.90. The molecule has 1 saturated carbocycles. The third kappa shape index (κ3) is 1.41. The summed E-state index contributed by atoms with van der Waals surface area (Å²) in [4.78, 5) is 4.01. The minimum atomic E-state index is 0.140. The van der Waals surface area contributed by atoms with E-state index in [2.05, 4.69) is 4.98 Å². The van der Waals surface area contributed by atoms with Crippen molar-refractivity contribution in [3.63, 3.8) is 0 Å². The van der Waals surface area contributed by atoms with Gasteiger partial charge in [-0.3, -0.25) is 4.98 Å². The first-order chi connectivity index (χ1) is 5.77. The van der Waals surface area contributed by atoms with Gasteiger partial charge in [0.05, 0.1) is 5.69 Å². The maximum absolute atomic E-state index is 5.97. The first-order valence-corrected chi connectivity index (χ1v) is 4.23. The van der Waals surface area contributed by atoms with E-state index in [0.29, 0.717) is 11.6 Å². The Hall–Kier alpha value is -1.09. The first kappa shape index (κ1) is 7.55. The number of anilines is 1. The van der Waals surface area contributed by atoms with Crippen LogP contribution in [0.2, 0.25) is 0 Å². The van der Waals surface area contributed by atoms with E-state index in [1.165, 1.54) is 12.8 Å². The summed E-state index contributed by atoms with van der Waals surface area (Å²) in [7, 11) is 0. The molecule has 1 atom stereocenters. The van der Waals surface area contributed by atoms with Crippen LogP contribution < -0.4 is 11.5 Å². The maximum atomic E-state index is 5.97. The molecule has 0 saturated heterocycles. The largest absolute Gasteiger partial charge is 0.397 e. The van der Waals surface area contributed by atoms with Crippen molar-refractivity contribution >= 4 is 5.69 Å². The number of nitrogens with two attached hydrogens (primary N) is 2. The van der Waals surface area contributed by atoms with E-state index in [0.717, 1.165) is 5.56 Å². The lowest BCUT2D eigenvalue weighted by atomic mass is 10.1. The minimum absolute atomic E-state index is 0.140. The number of nitrogen functional groups attached to an aromatic ring is 1. The molecule has 4 N–H and O–H groups in total. The molecule has 0 amide bonds. The third-order valence-corrected chi connectivity index (χ3v) is 2.30. The molecule has 2 rings (SSSR count). The van der Waals surface area contributed by atoms with Crippen LogP contribution in [0.15, 0.2) is 18.5 Å². The molecule has 0 aliphatic heterocycles. The molecule has 3 nitrogen and oxygen atoms in total. The summed E-state index contributed by atoms with van der Waals surface area (Å²) in [5.74, 6) is 0.661. The van der Waals surface area contributed by atoms with Gasteiger partial charge in [-0.2, -0.15) is 0 Å². The van der Waals surface area contributed by atoms with Crippen LogP contribution >= 0.6 is 0 Å². The lowest BCUT2D eigenvalue weighted by Crippen LogP contribution is -2.12. The number of pyridine rings is 1. The van der Waals surface area contributed by atoms with E-state index in [9.17, 15) is 0 Å². The van der Waals surface area contributed by atoms with Crippen molar-refractivity contribution in [3.8, 4) is 0 Å². The van der Waals surface area contributed by atoms with Crippen LogP contribution in [0.1, 0.15) is 24.4 Å². The van der Waals surface area contributed by atoms with E-state index >= 15 is 0 Å². The Balaban J connectivity index is 2.20. The highest BCUT2D eigenvalue weighted by Gasteiger charge is 2.29. The Morgan fingerprint density at radius 2 is 2.17 bits per heavy atom. The number of nitrogens with zero attached hydrogens (tertiary/aromatic N) is 1. The van der Waals surface area contributed by atoms with Crippen LogP contribution in [-0.2, 0) is 0 Å². The summed E-state index contributed by atoms with van der Waals surface area (Å²) in [5.41, 5.74) is 13.3. The zero-order valence-corrected chi connectivity index (χ0v) is 6.90. The maximum Gasteiger partial charge on any atom is 0.0503 e. The van der Waals surface area contributed by atoms with Gasteiger partial charge in [0.2, 0.25) is 0 Å². The number of hydrogen-bond acceptors (Lipinski definition) is 3. The van der Waals surface area contributed by atoms with Gasteiger partial charge in [0.1, 0.15) is 0 Å². The highest BCUT2D eigenvalue weighted by Crippen LogP contribution is 2.39. The standard InChI is InChI=1S/C9H13N3/c10-8-3-7(4-12-5-8)9(11)6-1-2-6/h3-6,9H,1-2,10-11H2/t9-/m1/s1. The van der Waals surface area contributed by atoms with Crippen LogP contribution in [0.3, 0.4) is 0 Å². The van der Waals surface area contributed by atoms with Gasteiger partial charge in [-0.1, -0.05) is 0 Å². The second-order valence-electron chi connectivity index (χ2n) is 3.41. The van der Waals surface area contributed by atoms with Crippen molar-refractivity contribution in [3.05, 3.63) is 24.0 Å². The summed E-state index contributed by atoms with van der Waals surface area (Å²) in [6.45, 7) is 0. The van der Waals surface area contributed by atoms with Gasteiger partial charge in [-0.15, -0.1) is 0 Å². The van der Waals surface area contributed by atoms with Crippen LogP contribution in [0, 0.1) is 5.92 Å². The Labute approximate surface area is 71.8 Å². The quantitative estimate of drug-likeness (QED) is 0.685. The summed E-state index contributed by atoms with van der Waals surface area (Å²) in [6, 6.07) is 2.05. The predicted octanol–water partition coefficient (Wildman–Crippen LogP) is 1.07. The lowest BCUT2D eigenvalue weighted by Gasteiger charge is -2.09. The fourth-order valence-electron chi connectivity index (χ4n) is 1.39. The first-order valence-electron chi connectivity index (χ1n) is 4.23. The number of aromatic nitrogens is 1. The van der Waals surface area contributed by atoms with Crippen LogP contribution in [0.25, 0.3) is 0 Å². The molecule has 12 heavy (non-hydrogen) atoms. The van der Waals surface area contributed by atoms with Crippen LogP contribution in [0.5, 0.6) is 0 Å². The van der Waals surface area contributed by atoms with Gasteiger partial charge in [0, 0.05) is 18.4 Å². The van der Waals surface area contributed by atoms with E-state index in [4.69, 9.17) is 11.5 Å². The van der Waals surface area contributed by atoms with Gasteiger partial charge in [0.25, 0.3) is 0 Å². The zero-order chi connectivity index (χ0) is 8.55. The SMILES string of the molecule is Nc1cncc([C@H](N)C2CC2)c1. The molecule has 0 unspecified atom stereocenters. The Morgan fingerprint density at radius 1 is 1.42 bits per heavy atom.